The largest absolute Gasteiger partial charge is 0.456 e. The molecule has 1 aliphatic heterocycles. The van der Waals surface area contributed by atoms with Crippen molar-refractivity contribution in [1.82, 2.24) is 24.8 Å². The molecule has 9 nitrogen and oxygen atoms in total. The van der Waals surface area contributed by atoms with Gasteiger partial charge in [0.05, 0.1) is 11.8 Å². The van der Waals surface area contributed by atoms with Crippen molar-refractivity contribution in [1.29, 1.82) is 0 Å². The number of aryl methyl sites for hydroxylation is 3. The fourth-order valence-electron chi connectivity index (χ4n) is 5.41. The number of benzene rings is 1. The number of likely N-dealkylation sites (N-methyl/N-ethyl adjacent to an activating group) is 1. The summed E-state index contributed by atoms with van der Waals surface area (Å²) in [6, 6.07) is 8.02. The molecule has 2 atom stereocenters. The molecule has 0 fully saturated rings. The highest BCUT2D eigenvalue weighted by Gasteiger charge is 2.36. The van der Waals surface area contributed by atoms with Crippen LogP contribution in [0.3, 0.4) is 0 Å². The van der Waals surface area contributed by atoms with Crippen molar-refractivity contribution in [2.24, 2.45) is 18.1 Å². The number of hydrogen-bond donors (Lipinski definition) is 2. The number of carbonyl (C=O) groups excluding carboxylic acids is 1. The topological polar surface area (TPSA) is 95.0 Å². The van der Waals surface area contributed by atoms with Gasteiger partial charge in [0.15, 0.2) is 0 Å². The molecule has 0 bridgehead atoms. The van der Waals surface area contributed by atoms with E-state index in [4.69, 9.17) is 9.84 Å². The van der Waals surface area contributed by atoms with Gasteiger partial charge in [0.25, 0.3) is 11.5 Å². The maximum atomic E-state index is 13.1. The van der Waals surface area contributed by atoms with Gasteiger partial charge in [-0.25, -0.2) is 0 Å². The number of hydrogen-bond acceptors (Lipinski definition) is 6. The number of aromatic nitrogens is 2. The lowest BCUT2D eigenvalue weighted by Crippen LogP contribution is -2.35. The molecule has 0 spiro atoms. The van der Waals surface area contributed by atoms with Crippen LogP contribution in [0.1, 0.15) is 41.0 Å². The molecule has 3 heterocycles. The molecule has 1 amide bonds. The zero-order valence-corrected chi connectivity index (χ0v) is 24.3. The summed E-state index contributed by atoms with van der Waals surface area (Å²) >= 11 is 0. The van der Waals surface area contributed by atoms with Crippen molar-refractivity contribution in [2.45, 2.75) is 33.7 Å². The lowest BCUT2D eigenvalue weighted by Gasteiger charge is -2.27. The van der Waals surface area contributed by atoms with E-state index in [1.54, 1.807) is 17.7 Å². The summed E-state index contributed by atoms with van der Waals surface area (Å²) in [6.07, 6.45) is 6.06. The van der Waals surface area contributed by atoms with E-state index in [1.165, 1.54) is 0 Å². The Kier molecular flexibility index (Phi) is 7.42. The molecule has 0 saturated carbocycles. The van der Waals surface area contributed by atoms with E-state index >= 15 is 0 Å². The third-order valence-electron chi connectivity index (χ3n) is 7.70. The van der Waals surface area contributed by atoms with E-state index in [9.17, 15) is 9.59 Å². The number of aromatic amines is 1. The lowest BCUT2D eigenvalue weighted by atomic mass is 9.86. The number of hydrazone groups is 1. The molecule has 1 aliphatic carbocycles. The van der Waals surface area contributed by atoms with E-state index in [-0.39, 0.29) is 23.4 Å². The second kappa shape index (κ2) is 10.8. The van der Waals surface area contributed by atoms with E-state index in [2.05, 4.69) is 53.4 Å². The van der Waals surface area contributed by atoms with Crippen molar-refractivity contribution in [3.63, 3.8) is 0 Å². The maximum Gasteiger partial charge on any atom is 0.274 e. The Morgan fingerprint density at radius 1 is 1.23 bits per heavy atom. The number of fused-ring (bicyclic) bond motifs is 2. The van der Waals surface area contributed by atoms with Gasteiger partial charge in [-0.1, -0.05) is 18.2 Å². The summed E-state index contributed by atoms with van der Waals surface area (Å²) in [7, 11) is 5.84. The Morgan fingerprint density at radius 3 is 2.62 bits per heavy atom. The number of H-pyrrole nitrogens is 1. The fourth-order valence-corrected chi connectivity index (χ4v) is 5.41. The number of carbonyl (C=O) groups is 1. The minimum absolute atomic E-state index is 0.0605. The molecule has 3 aromatic rings. The number of nitrogens with one attached hydrogen (secondary N) is 2. The van der Waals surface area contributed by atoms with Crippen LogP contribution in [-0.4, -0.2) is 70.9 Å². The molecule has 9 heteroatoms. The standard InChI is InChI=1S/C31H38N6O3/c1-8-32-30(38)26-15-23-24(17-36(7)31(39)28(23)33-26)22-14-25-21(20(4)37(34-25)13-12-35(5)6)16-27(22)40-29-18(2)10-9-11-19(29)3/h9-11,14-17,20-21,33H,8,12-13H2,1-7H3,(H,32,38). The maximum absolute atomic E-state index is 13.1. The minimum Gasteiger partial charge on any atom is -0.456 e. The molecule has 210 valence electrons. The van der Waals surface area contributed by atoms with Crippen LogP contribution < -0.4 is 15.6 Å². The smallest absolute Gasteiger partial charge is 0.274 e. The molecule has 2 aliphatic rings. The van der Waals surface area contributed by atoms with Crippen molar-refractivity contribution in [2.75, 3.05) is 33.7 Å². The number of ether oxygens (including phenoxy) is 1. The van der Waals surface area contributed by atoms with Crippen LogP contribution in [0.2, 0.25) is 0 Å². The van der Waals surface area contributed by atoms with Crippen molar-refractivity contribution in [3.05, 3.63) is 81.1 Å². The second-order valence-corrected chi connectivity index (χ2v) is 11.0. The first kappa shape index (κ1) is 27.5. The quantitative estimate of drug-likeness (QED) is 0.451. The molecule has 1 aromatic carbocycles. The molecule has 40 heavy (non-hydrogen) atoms. The highest BCUT2D eigenvalue weighted by Crippen LogP contribution is 2.39. The highest BCUT2D eigenvalue weighted by atomic mass is 16.5. The molecular weight excluding hydrogens is 504 g/mol. The van der Waals surface area contributed by atoms with Crippen molar-refractivity contribution >= 4 is 28.1 Å². The zero-order valence-electron chi connectivity index (χ0n) is 24.3. The first-order valence-corrected chi connectivity index (χ1v) is 13.8. The molecule has 0 saturated heterocycles. The normalized spacial score (nSPS) is 18.5. The van der Waals surface area contributed by atoms with Crippen LogP contribution in [0.5, 0.6) is 5.75 Å². The molecule has 5 rings (SSSR count). The number of allylic oxidation sites excluding steroid dienone is 2. The monoisotopic (exact) mass is 542 g/mol. The van der Waals surface area contributed by atoms with Crippen LogP contribution in [-0.2, 0) is 7.05 Å². The van der Waals surface area contributed by atoms with Gasteiger partial charge in [-0.05, 0) is 71.1 Å². The van der Waals surface area contributed by atoms with Gasteiger partial charge in [-0.15, -0.1) is 0 Å². The van der Waals surface area contributed by atoms with Gasteiger partial charge in [-0.3, -0.25) is 14.6 Å². The minimum atomic E-state index is -0.252. The SMILES string of the molecule is CCNC(=O)c1cc2c(C3=CC4=NN(CCN(C)C)C(C)C4C=C3Oc3c(C)cccc3C)cn(C)c(=O)c2[nH]1. The Balaban J connectivity index is 1.68. The van der Waals surface area contributed by atoms with Crippen LogP contribution >= 0.6 is 0 Å². The summed E-state index contributed by atoms with van der Waals surface area (Å²) < 4.78 is 8.26. The van der Waals surface area contributed by atoms with E-state index in [0.29, 0.717) is 28.9 Å². The fraction of sp³-hybridized carbons (Fsp3) is 0.387. The van der Waals surface area contributed by atoms with E-state index in [1.807, 2.05) is 45.2 Å². The second-order valence-electron chi connectivity index (χ2n) is 11.0. The Labute approximate surface area is 234 Å². The van der Waals surface area contributed by atoms with Crippen LogP contribution in [0, 0.1) is 19.8 Å². The van der Waals surface area contributed by atoms with Gasteiger partial charge >= 0.3 is 0 Å². The molecule has 2 unspecified atom stereocenters. The number of nitrogens with zero attached hydrogens (tertiary/aromatic N) is 4. The average molecular weight is 543 g/mol. The van der Waals surface area contributed by atoms with Gasteiger partial charge in [0.1, 0.15) is 22.7 Å². The van der Waals surface area contributed by atoms with Gasteiger partial charge in [0, 0.05) is 55.3 Å². The number of amides is 1. The number of rotatable bonds is 8. The summed E-state index contributed by atoms with van der Waals surface area (Å²) in [4.78, 5) is 31.0. The number of para-hydroxylation sites is 1. The molecule has 2 N–H and O–H groups in total. The van der Waals surface area contributed by atoms with Crippen molar-refractivity contribution < 1.29 is 9.53 Å². The molecule has 0 radical (unpaired) electrons. The van der Waals surface area contributed by atoms with Gasteiger partial charge in [-0.2, -0.15) is 5.10 Å². The van der Waals surface area contributed by atoms with E-state index < -0.39 is 0 Å². The first-order chi connectivity index (χ1) is 19.1. The Morgan fingerprint density at radius 2 is 1.95 bits per heavy atom. The molecular formula is C31H38N6O3. The van der Waals surface area contributed by atoms with Crippen molar-refractivity contribution in [3.8, 4) is 5.75 Å². The summed E-state index contributed by atoms with van der Waals surface area (Å²) in [5.41, 5.74) is 5.17. The predicted octanol–water partition coefficient (Wildman–Crippen LogP) is 3.83. The van der Waals surface area contributed by atoms with E-state index in [0.717, 1.165) is 46.8 Å². The average Bonchev–Trinajstić information content (AvgIpc) is 3.49. The summed E-state index contributed by atoms with van der Waals surface area (Å²) in [6.45, 7) is 10.3. The number of pyridine rings is 1. The van der Waals surface area contributed by atoms with Gasteiger partial charge in [0.2, 0.25) is 0 Å². The third kappa shape index (κ3) is 4.97. The zero-order chi connectivity index (χ0) is 28.7. The lowest BCUT2D eigenvalue weighted by molar-refractivity contribution is 0.0951. The summed E-state index contributed by atoms with van der Waals surface area (Å²) in [5.74, 6) is 1.33. The Hall–Kier alpha value is -4.11. The first-order valence-electron chi connectivity index (χ1n) is 13.8. The Bertz CT molecular complexity index is 1600. The van der Waals surface area contributed by atoms with Crippen LogP contribution in [0.15, 0.2) is 58.3 Å². The predicted molar refractivity (Wildman–Crippen MR) is 160 cm³/mol. The third-order valence-corrected chi connectivity index (χ3v) is 7.70. The summed E-state index contributed by atoms with van der Waals surface area (Å²) in [5, 5.41) is 10.6. The van der Waals surface area contributed by atoms with Gasteiger partial charge < -0.3 is 24.5 Å². The highest BCUT2D eigenvalue weighted by molar-refractivity contribution is 6.12. The van der Waals surface area contributed by atoms with Crippen LogP contribution in [0.4, 0.5) is 0 Å². The van der Waals surface area contributed by atoms with Crippen LogP contribution in [0.25, 0.3) is 16.5 Å². The molecule has 2 aromatic heterocycles.